The van der Waals surface area contributed by atoms with Gasteiger partial charge in [0.1, 0.15) is 13.2 Å². The lowest BCUT2D eigenvalue weighted by atomic mass is 10.0. The van der Waals surface area contributed by atoms with E-state index in [1.54, 1.807) is 0 Å². The lowest BCUT2D eigenvalue weighted by Gasteiger charge is -2.30. The number of nitrogens with one attached hydrogen (secondary N) is 1. The molecule has 0 aromatic carbocycles. The minimum absolute atomic E-state index is 0.00124. The number of hydrogen-bond acceptors (Lipinski definition) is 6. The summed E-state index contributed by atoms with van der Waals surface area (Å²) in [5.74, 6) is -0.198. The Balaban J connectivity index is 4.19. The number of hydrogen-bond donors (Lipinski definition) is 2. The number of phosphoric ester groups is 1. The van der Waals surface area contributed by atoms with Crippen LogP contribution >= 0.6 is 7.82 Å². The first kappa shape index (κ1) is 81.6. The average molecular weight is 1200 g/mol. The lowest BCUT2D eigenvalue weighted by Crippen LogP contribution is -2.46. The SMILES string of the molecule is CC/C=C\C/C=C\C/C=C\C/C=C\C/C=C\C/C=C\C/C=C\C/C=C\C/C=C\C/C=C\C/C=C\CCCCCC(=O)NC(COP(=O)([O-])OCC[N+](C)(C)C)C(O)CCCCCCCCCCCCCCCCCCCCCCCCCCCC. The molecule has 488 valence electrons. The van der Waals surface area contributed by atoms with Crippen LogP contribution in [0.5, 0.6) is 0 Å². The highest BCUT2D eigenvalue weighted by Crippen LogP contribution is 2.38. The maximum absolute atomic E-state index is 13.0. The van der Waals surface area contributed by atoms with Crippen molar-refractivity contribution in [2.45, 2.75) is 302 Å². The third kappa shape index (κ3) is 68.0. The Morgan fingerprint density at radius 3 is 1.04 bits per heavy atom. The molecule has 0 aliphatic carbocycles. The van der Waals surface area contributed by atoms with Crippen molar-refractivity contribution in [2.24, 2.45) is 0 Å². The fraction of sp³-hybridized carbons (Fsp3) is 0.697. The van der Waals surface area contributed by atoms with Gasteiger partial charge >= 0.3 is 0 Å². The van der Waals surface area contributed by atoms with E-state index in [-0.39, 0.29) is 19.1 Å². The number of nitrogens with zero attached hydrogens (tertiary/aromatic N) is 1. The Kier molecular flexibility index (Phi) is 62.5. The van der Waals surface area contributed by atoms with E-state index in [4.69, 9.17) is 9.05 Å². The first-order valence-electron chi connectivity index (χ1n) is 35.0. The number of quaternary nitrogens is 1. The molecule has 0 rings (SSSR count). The molecule has 0 aromatic rings. The van der Waals surface area contributed by atoms with Crippen molar-refractivity contribution >= 4 is 13.7 Å². The number of rotatable bonds is 63. The molecule has 9 heteroatoms. The molecule has 0 saturated carbocycles. The van der Waals surface area contributed by atoms with Crippen LogP contribution in [-0.2, 0) is 18.4 Å². The maximum Gasteiger partial charge on any atom is 0.268 e. The van der Waals surface area contributed by atoms with Crippen molar-refractivity contribution in [1.82, 2.24) is 5.32 Å². The molecule has 0 radical (unpaired) electrons. The molecule has 0 bridgehead atoms. The van der Waals surface area contributed by atoms with Crippen LogP contribution in [0.3, 0.4) is 0 Å². The quantitative estimate of drug-likeness (QED) is 0.0272. The third-order valence-corrected chi connectivity index (χ3v) is 16.1. The number of carbonyl (C=O) groups excluding carboxylic acids is 1. The molecule has 0 heterocycles. The first-order chi connectivity index (χ1) is 41.5. The van der Waals surface area contributed by atoms with Gasteiger partial charge in [-0.2, -0.15) is 0 Å². The Labute approximate surface area is 526 Å². The summed E-state index contributed by atoms with van der Waals surface area (Å²) < 4.78 is 23.5. The zero-order valence-electron chi connectivity index (χ0n) is 55.8. The molecular formula is C76H133N2O6P. The number of likely N-dealkylation sites (N-methyl/N-ethyl adjacent to an activating group) is 1. The molecule has 0 aromatic heterocycles. The smallest absolute Gasteiger partial charge is 0.268 e. The molecule has 0 spiro atoms. The standard InChI is InChI=1S/C76H133N2O6P/c1-6-8-10-12-14-16-18-20-22-24-26-28-30-32-34-35-36-37-38-39-40-41-42-43-44-46-48-50-52-54-56-58-60-62-64-66-68-70-76(80)77-74(73-84-85(81,82)83-72-71-78(3,4)5)75(79)69-67-65-63-61-59-57-55-53-51-49-47-45-33-31-29-27-25-23-21-19-17-15-13-11-9-7-2/h8,10,14,16,20,22,26,28,32,34,36-37,39-40,42-43,46,48,52,54,58,60,74-75,79H,6-7,9,11-13,15,17-19,21,23-25,27,29-31,33,35,38,41,44-45,47,49-51,53,55-57,59,61-73H2,1-5H3,(H-,77,80,81,82)/b10-8-,16-14-,22-20-,28-26-,34-32-,37-36-,40-39-,43-42-,48-46-,54-52-,60-58-. The van der Waals surface area contributed by atoms with Crippen molar-refractivity contribution in [3.05, 3.63) is 134 Å². The molecule has 3 unspecified atom stereocenters. The van der Waals surface area contributed by atoms with Crippen molar-refractivity contribution in [2.75, 3.05) is 40.9 Å². The first-order valence-corrected chi connectivity index (χ1v) is 36.5. The molecule has 0 saturated heterocycles. The number of unbranched alkanes of at least 4 members (excludes halogenated alkanes) is 28. The van der Waals surface area contributed by atoms with Crippen LogP contribution in [0.2, 0.25) is 0 Å². The van der Waals surface area contributed by atoms with Gasteiger partial charge in [0.05, 0.1) is 39.9 Å². The van der Waals surface area contributed by atoms with E-state index in [0.717, 1.165) is 116 Å². The lowest BCUT2D eigenvalue weighted by molar-refractivity contribution is -0.870. The van der Waals surface area contributed by atoms with Gasteiger partial charge in [-0.1, -0.05) is 321 Å². The normalized spacial score (nSPS) is 14.5. The highest BCUT2D eigenvalue weighted by Gasteiger charge is 2.24. The van der Waals surface area contributed by atoms with Gasteiger partial charge in [-0.3, -0.25) is 9.36 Å². The van der Waals surface area contributed by atoms with Gasteiger partial charge in [-0.25, -0.2) is 0 Å². The Bertz CT molecular complexity index is 1850. The molecule has 0 aliphatic heterocycles. The monoisotopic (exact) mass is 1200 g/mol. The summed E-state index contributed by atoms with van der Waals surface area (Å²) in [5, 5.41) is 14.1. The van der Waals surface area contributed by atoms with E-state index in [9.17, 15) is 19.4 Å². The average Bonchev–Trinajstić information content (AvgIpc) is 3.49. The van der Waals surface area contributed by atoms with Crippen molar-refractivity contribution in [3.63, 3.8) is 0 Å². The van der Waals surface area contributed by atoms with E-state index in [0.29, 0.717) is 23.9 Å². The molecule has 2 N–H and O–H groups in total. The zero-order chi connectivity index (χ0) is 61.9. The van der Waals surface area contributed by atoms with E-state index in [2.05, 4.69) is 153 Å². The van der Waals surface area contributed by atoms with Gasteiger partial charge in [0.15, 0.2) is 0 Å². The topological polar surface area (TPSA) is 108 Å². The zero-order valence-corrected chi connectivity index (χ0v) is 56.7. The van der Waals surface area contributed by atoms with Gasteiger partial charge in [-0.15, -0.1) is 0 Å². The van der Waals surface area contributed by atoms with Crippen LogP contribution in [0.4, 0.5) is 0 Å². The predicted molar refractivity (Wildman–Crippen MR) is 371 cm³/mol. The number of aliphatic hydroxyl groups is 1. The summed E-state index contributed by atoms with van der Waals surface area (Å²) in [5.41, 5.74) is 0. The third-order valence-electron chi connectivity index (χ3n) is 15.2. The minimum atomic E-state index is -4.60. The predicted octanol–water partition coefficient (Wildman–Crippen LogP) is 22.0. The largest absolute Gasteiger partial charge is 0.756 e. The second-order valence-electron chi connectivity index (χ2n) is 24.5. The highest BCUT2D eigenvalue weighted by molar-refractivity contribution is 7.45. The van der Waals surface area contributed by atoms with Gasteiger partial charge in [0.2, 0.25) is 5.91 Å². The Morgan fingerprint density at radius 2 is 0.718 bits per heavy atom. The number of carbonyl (C=O) groups is 1. The second kappa shape index (κ2) is 65.1. The molecule has 0 fully saturated rings. The molecule has 1 amide bonds. The highest BCUT2D eigenvalue weighted by atomic mass is 31.2. The summed E-state index contributed by atoms with van der Waals surface area (Å²) in [6, 6.07) is -0.831. The van der Waals surface area contributed by atoms with E-state index >= 15 is 0 Å². The molecular weight excluding hydrogens is 1070 g/mol. The molecule has 0 aliphatic rings. The number of allylic oxidation sites excluding steroid dienone is 22. The van der Waals surface area contributed by atoms with Crippen LogP contribution in [0, 0.1) is 0 Å². The Hall–Kier alpha value is -3.36. The van der Waals surface area contributed by atoms with Gasteiger partial charge in [0, 0.05) is 6.42 Å². The number of aliphatic hydroxyl groups excluding tert-OH is 1. The van der Waals surface area contributed by atoms with E-state index in [1.807, 2.05) is 21.1 Å². The van der Waals surface area contributed by atoms with E-state index in [1.165, 1.54) is 148 Å². The van der Waals surface area contributed by atoms with Crippen molar-refractivity contribution in [1.29, 1.82) is 0 Å². The van der Waals surface area contributed by atoms with Crippen LogP contribution < -0.4 is 10.2 Å². The van der Waals surface area contributed by atoms with Gasteiger partial charge in [-0.05, 0) is 96.3 Å². The van der Waals surface area contributed by atoms with Crippen molar-refractivity contribution < 1.29 is 32.9 Å². The number of phosphoric acid groups is 1. The van der Waals surface area contributed by atoms with Crippen LogP contribution in [0.25, 0.3) is 0 Å². The van der Waals surface area contributed by atoms with E-state index < -0.39 is 20.0 Å². The summed E-state index contributed by atoms with van der Waals surface area (Å²) in [4.78, 5) is 25.7. The molecule has 85 heavy (non-hydrogen) atoms. The maximum atomic E-state index is 13.0. The summed E-state index contributed by atoms with van der Waals surface area (Å²) in [7, 11) is 1.27. The van der Waals surface area contributed by atoms with Crippen LogP contribution in [0.15, 0.2) is 134 Å². The fourth-order valence-electron chi connectivity index (χ4n) is 9.75. The van der Waals surface area contributed by atoms with Crippen molar-refractivity contribution in [3.8, 4) is 0 Å². The van der Waals surface area contributed by atoms with Gasteiger partial charge in [0.25, 0.3) is 7.82 Å². The molecule has 8 nitrogen and oxygen atoms in total. The minimum Gasteiger partial charge on any atom is -0.756 e. The van der Waals surface area contributed by atoms with Crippen LogP contribution in [-0.4, -0.2) is 68.5 Å². The summed E-state index contributed by atoms with van der Waals surface area (Å²) in [6.07, 6.45) is 98.1. The summed E-state index contributed by atoms with van der Waals surface area (Å²) in [6.45, 7) is 4.60. The number of amides is 1. The molecule has 3 atom stereocenters. The van der Waals surface area contributed by atoms with Crippen LogP contribution in [0.1, 0.15) is 290 Å². The van der Waals surface area contributed by atoms with Gasteiger partial charge < -0.3 is 28.8 Å². The summed E-state index contributed by atoms with van der Waals surface area (Å²) >= 11 is 0. The second-order valence-corrected chi connectivity index (χ2v) is 25.9. The Morgan fingerprint density at radius 1 is 0.424 bits per heavy atom. The fourth-order valence-corrected chi connectivity index (χ4v) is 10.5.